The summed E-state index contributed by atoms with van der Waals surface area (Å²) in [5.74, 6) is 0.203. The molecule has 3 atom stereocenters. The number of anilines is 1. The van der Waals surface area contributed by atoms with Gasteiger partial charge in [0.05, 0.1) is 5.39 Å². The van der Waals surface area contributed by atoms with Gasteiger partial charge in [-0.05, 0) is 62.2 Å². The fraction of sp³-hybridized carbons (Fsp3) is 0.414. The fourth-order valence-corrected chi connectivity index (χ4v) is 6.31. The molecule has 4 aliphatic rings. The number of benzene rings is 2. The average Bonchev–Trinajstić information content (AvgIpc) is 3.36. The van der Waals surface area contributed by atoms with Crippen LogP contribution in [-0.4, -0.2) is 76.4 Å². The molecule has 6 heterocycles. The second-order valence-electron chi connectivity index (χ2n) is 10.8. The van der Waals surface area contributed by atoms with Crippen LogP contribution in [0.3, 0.4) is 0 Å². The van der Waals surface area contributed by atoms with Crippen molar-refractivity contribution in [2.45, 2.75) is 43.8 Å². The molecule has 9 heteroatoms. The average molecular weight is 515 g/mol. The number of piperazine rings is 1. The molecular weight excluding hydrogens is 483 g/mol. The third kappa shape index (κ3) is 4.01. The van der Waals surface area contributed by atoms with Crippen molar-refractivity contribution in [2.75, 3.05) is 38.2 Å². The predicted octanol–water partition coefficient (Wildman–Crippen LogP) is 4.10. The third-order valence-electron chi connectivity index (χ3n) is 8.44. The fourth-order valence-electron chi connectivity index (χ4n) is 6.31. The Morgan fingerprint density at radius 2 is 2.03 bits per heavy atom. The Morgan fingerprint density at radius 1 is 1.13 bits per heavy atom. The van der Waals surface area contributed by atoms with Gasteiger partial charge < -0.3 is 25.0 Å². The smallest absolute Gasteiger partial charge is 0.319 e. The number of hydrogen-bond donors (Lipinski definition) is 2. The summed E-state index contributed by atoms with van der Waals surface area (Å²) in [6.45, 7) is 3.19. The highest BCUT2D eigenvalue weighted by molar-refractivity contribution is 5.99. The second kappa shape index (κ2) is 9.32. The zero-order valence-corrected chi connectivity index (χ0v) is 21.4. The van der Waals surface area contributed by atoms with Gasteiger partial charge in [-0.15, -0.1) is 0 Å². The number of pyridine rings is 1. The molecule has 2 N–H and O–H groups in total. The van der Waals surface area contributed by atoms with Gasteiger partial charge in [0.15, 0.2) is 5.82 Å². The Morgan fingerprint density at radius 3 is 2.79 bits per heavy atom. The van der Waals surface area contributed by atoms with E-state index in [1.54, 1.807) is 18.3 Å². The summed E-state index contributed by atoms with van der Waals surface area (Å²) in [6.07, 6.45) is 6.07. The summed E-state index contributed by atoms with van der Waals surface area (Å²) in [4.78, 5) is 18.6. The summed E-state index contributed by atoms with van der Waals surface area (Å²) < 4.78 is 22.5. The number of hydrogen-bond acceptors (Lipinski definition) is 8. The molecule has 2 bridgehead atoms. The van der Waals surface area contributed by atoms with E-state index < -0.39 is 5.82 Å². The number of rotatable bonds is 5. The van der Waals surface area contributed by atoms with Crippen molar-refractivity contribution in [3.8, 4) is 23.0 Å². The van der Waals surface area contributed by atoms with Crippen LogP contribution in [0.4, 0.5) is 10.2 Å². The predicted molar refractivity (Wildman–Crippen MR) is 145 cm³/mol. The molecule has 8 nitrogen and oxygen atoms in total. The number of halogens is 1. The number of piperidine rings is 2. The molecule has 0 aliphatic carbocycles. The molecule has 0 amide bonds. The third-order valence-corrected chi connectivity index (χ3v) is 8.44. The number of phenolic OH excluding ortho intramolecular Hbond substituents is 1. The van der Waals surface area contributed by atoms with Gasteiger partial charge in [0.1, 0.15) is 29.4 Å². The first-order valence-electron chi connectivity index (χ1n) is 13.5. The van der Waals surface area contributed by atoms with Gasteiger partial charge in [0, 0.05) is 43.0 Å². The molecule has 4 aromatic rings. The number of ether oxygens (including phenoxy) is 1. The van der Waals surface area contributed by atoms with Crippen molar-refractivity contribution in [1.82, 2.24) is 25.2 Å². The minimum Gasteiger partial charge on any atom is -0.508 e. The van der Waals surface area contributed by atoms with Crippen molar-refractivity contribution in [2.24, 2.45) is 0 Å². The molecule has 38 heavy (non-hydrogen) atoms. The Hall–Kier alpha value is -3.56. The maximum absolute atomic E-state index is 16.4. The van der Waals surface area contributed by atoms with Crippen LogP contribution < -0.4 is 15.0 Å². The van der Waals surface area contributed by atoms with Crippen LogP contribution in [0.1, 0.15) is 25.7 Å². The van der Waals surface area contributed by atoms with Crippen LogP contribution in [0.5, 0.6) is 11.8 Å². The summed E-state index contributed by atoms with van der Waals surface area (Å²) in [6, 6.07) is 12.0. The van der Waals surface area contributed by atoms with Crippen LogP contribution in [0.2, 0.25) is 0 Å². The molecular formula is C29H31FN6O2. The van der Waals surface area contributed by atoms with Crippen molar-refractivity contribution in [1.29, 1.82) is 0 Å². The Bertz CT molecular complexity index is 1520. The molecule has 4 aliphatic heterocycles. The Labute approximate surface area is 220 Å². The van der Waals surface area contributed by atoms with E-state index in [2.05, 4.69) is 32.1 Å². The molecule has 4 saturated heterocycles. The standard InChI is InChI=1S/C29H31FN6O2/c1-35-10-4-6-20(35)16-38-29-33-27-24(28(34-29)36-15-18-8-9-19(36)13-31-18)14-32-26(25(27)30)23-12-21(37)11-17-5-2-3-7-22(17)23/h2-3,5,7,11-12,14,18-20,31,37H,4,6,8-10,13,15-16H2,1H3/t18-,19+,20-/m0/s1. The number of likely N-dealkylation sites (tertiary alicyclic amines) is 1. The zero-order chi connectivity index (χ0) is 25.8. The van der Waals surface area contributed by atoms with Gasteiger partial charge in [-0.2, -0.15) is 9.97 Å². The highest BCUT2D eigenvalue weighted by atomic mass is 19.1. The van der Waals surface area contributed by atoms with Crippen LogP contribution in [0.25, 0.3) is 32.9 Å². The number of nitrogens with zero attached hydrogens (tertiary/aromatic N) is 5. The maximum Gasteiger partial charge on any atom is 0.319 e. The highest BCUT2D eigenvalue weighted by Crippen LogP contribution is 2.38. The first-order valence-corrected chi connectivity index (χ1v) is 13.5. The van der Waals surface area contributed by atoms with Gasteiger partial charge in [-0.3, -0.25) is 4.98 Å². The van der Waals surface area contributed by atoms with E-state index in [1.807, 2.05) is 24.3 Å². The largest absolute Gasteiger partial charge is 0.508 e. The van der Waals surface area contributed by atoms with E-state index >= 15 is 4.39 Å². The zero-order valence-electron chi connectivity index (χ0n) is 21.4. The van der Waals surface area contributed by atoms with E-state index in [9.17, 15) is 5.11 Å². The topological polar surface area (TPSA) is 86.6 Å². The van der Waals surface area contributed by atoms with Gasteiger partial charge in [-0.25, -0.2) is 4.39 Å². The number of phenols is 1. The molecule has 2 aromatic heterocycles. The lowest BCUT2D eigenvalue weighted by molar-refractivity contribution is 0.188. The van der Waals surface area contributed by atoms with Gasteiger partial charge in [0.2, 0.25) is 0 Å². The lowest BCUT2D eigenvalue weighted by Gasteiger charge is -2.46. The van der Waals surface area contributed by atoms with Crippen LogP contribution in [0.15, 0.2) is 42.6 Å². The van der Waals surface area contributed by atoms with Gasteiger partial charge in [-0.1, -0.05) is 24.3 Å². The molecule has 2 aromatic carbocycles. The van der Waals surface area contributed by atoms with Gasteiger partial charge >= 0.3 is 6.01 Å². The van der Waals surface area contributed by atoms with Crippen molar-refractivity contribution in [3.05, 3.63) is 48.4 Å². The molecule has 0 saturated carbocycles. The molecule has 4 fully saturated rings. The van der Waals surface area contributed by atoms with E-state index in [0.29, 0.717) is 35.5 Å². The summed E-state index contributed by atoms with van der Waals surface area (Å²) in [5, 5.41) is 16.2. The number of fused-ring (bicyclic) bond motifs is 5. The molecule has 8 rings (SSSR count). The lowest BCUT2D eigenvalue weighted by atomic mass is 9.93. The molecule has 0 unspecified atom stereocenters. The van der Waals surface area contributed by atoms with E-state index in [-0.39, 0.29) is 29.0 Å². The monoisotopic (exact) mass is 514 g/mol. The number of aromatic hydroxyl groups is 1. The molecule has 196 valence electrons. The maximum atomic E-state index is 16.4. The first-order chi connectivity index (χ1) is 18.5. The van der Waals surface area contributed by atoms with Crippen molar-refractivity contribution >= 4 is 27.5 Å². The number of nitrogens with one attached hydrogen (secondary N) is 1. The number of likely N-dealkylation sites (N-methyl/N-ethyl adjacent to an activating group) is 1. The summed E-state index contributed by atoms with van der Waals surface area (Å²) in [7, 11) is 2.10. The quantitative estimate of drug-likeness (QED) is 0.412. The minimum absolute atomic E-state index is 0.0601. The van der Waals surface area contributed by atoms with Crippen molar-refractivity contribution in [3.63, 3.8) is 0 Å². The first kappa shape index (κ1) is 23.5. The van der Waals surface area contributed by atoms with Crippen LogP contribution in [0, 0.1) is 5.82 Å². The number of aromatic nitrogens is 3. The Balaban J connectivity index is 1.37. The van der Waals surface area contributed by atoms with E-state index in [0.717, 1.165) is 56.1 Å². The van der Waals surface area contributed by atoms with Gasteiger partial charge in [0.25, 0.3) is 0 Å². The minimum atomic E-state index is -0.537. The van der Waals surface area contributed by atoms with E-state index in [1.165, 1.54) is 0 Å². The summed E-state index contributed by atoms with van der Waals surface area (Å²) in [5.41, 5.74) is 0.866. The molecule has 0 spiro atoms. The second-order valence-corrected chi connectivity index (χ2v) is 10.8. The highest BCUT2D eigenvalue weighted by Gasteiger charge is 2.36. The lowest BCUT2D eigenvalue weighted by Crippen LogP contribution is -2.61. The van der Waals surface area contributed by atoms with Crippen LogP contribution in [-0.2, 0) is 0 Å². The summed E-state index contributed by atoms with van der Waals surface area (Å²) >= 11 is 0. The Kier molecular flexibility index (Phi) is 5.78. The normalized spacial score (nSPS) is 23.5. The SMILES string of the molecule is CN1CCC[C@H]1COc1nc(N2C[C@@H]3CC[C@@H]2CN3)c2cnc(-c3cc(O)cc4ccccc34)c(F)c2n1. The van der Waals surface area contributed by atoms with E-state index in [4.69, 9.17) is 9.72 Å². The van der Waals surface area contributed by atoms with Crippen molar-refractivity contribution < 1.29 is 14.2 Å². The van der Waals surface area contributed by atoms with Crippen LogP contribution >= 0.6 is 0 Å². The molecule has 0 radical (unpaired) electrons.